The molecule has 1 fully saturated rings. The maximum atomic E-state index is 13.1. The van der Waals surface area contributed by atoms with E-state index in [9.17, 15) is 9.59 Å². The monoisotopic (exact) mass is 409 g/mol. The molecule has 29 heavy (non-hydrogen) atoms. The molecule has 6 heteroatoms. The van der Waals surface area contributed by atoms with E-state index in [2.05, 4.69) is 4.98 Å². The summed E-state index contributed by atoms with van der Waals surface area (Å²) in [5, 5.41) is 1.29. The molecule has 1 amide bonds. The average Bonchev–Trinajstić information content (AvgIpc) is 3.03. The first-order valence-corrected chi connectivity index (χ1v) is 10.5. The first-order valence-electron chi connectivity index (χ1n) is 10.2. The van der Waals surface area contributed by atoms with E-state index in [0.717, 1.165) is 36.8 Å². The zero-order valence-corrected chi connectivity index (χ0v) is 17.0. The Bertz CT molecular complexity index is 1050. The maximum Gasteiger partial charge on any atom is 0.248 e. The summed E-state index contributed by atoms with van der Waals surface area (Å²) in [6.45, 7) is 0. The van der Waals surface area contributed by atoms with Crippen LogP contribution in [0, 0.1) is 5.92 Å². The summed E-state index contributed by atoms with van der Waals surface area (Å²) < 4.78 is 1.85. The maximum absolute atomic E-state index is 13.1. The van der Waals surface area contributed by atoms with E-state index in [1.54, 1.807) is 36.7 Å². The molecule has 1 aromatic carbocycles. The van der Waals surface area contributed by atoms with Crippen molar-refractivity contribution in [1.82, 2.24) is 9.55 Å². The van der Waals surface area contributed by atoms with Crippen LogP contribution in [0.5, 0.6) is 0 Å². The largest absolute Gasteiger partial charge is 0.366 e. The van der Waals surface area contributed by atoms with Crippen molar-refractivity contribution in [3.05, 3.63) is 58.9 Å². The summed E-state index contributed by atoms with van der Waals surface area (Å²) in [5.41, 5.74) is 7.88. The molecule has 0 saturated heterocycles. The van der Waals surface area contributed by atoms with Crippen LogP contribution in [0.3, 0.4) is 0 Å². The number of halogens is 1. The Morgan fingerprint density at radius 3 is 2.31 bits per heavy atom. The second-order valence-electron chi connectivity index (χ2n) is 7.76. The molecule has 5 nitrogen and oxygen atoms in total. The van der Waals surface area contributed by atoms with Crippen LogP contribution in [-0.2, 0) is 0 Å². The first-order chi connectivity index (χ1) is 14.0. The van der Waals surface area contributed by atoms with Gasteiger partial charge in [-0.25, -0.2) is 4.98 Å². The third-order valence-corrected chi connectivity index (χ3v) is 6.09. The number of hydrogen-bond donors (Lipinski definition) is 1. The number of amides is 1. The molecule has 0 atom stereocenters. The Balaban J connectivity index is 1.65. The molecule has 0 aliphatic heterocycles. The molecule has 0 bridgehead atoms. The van der Waals surface area contributed by atoms with Gasteiger partial charge in [0.25, 0.3) is 0 Å². The smallest absolute Gasteiger partial charge is 0.248 e. The minimum atomic E-state index is -0.470. The quantitative estimate of drug-likeness (QED) is 0.592. The number of ketones is 1. The molecule has 2 N–H and O–H groups in total. The molecule has 0 radical (unpaired) electrons. The van der Waals surface area contributed by atoms with Crippen molar-refractivity contribution in [3.63, 3.8) is 0 Å². The van der Waals surface area contributed by atoms with Crippen molar-refractivity contribution >= 4 is 34.3 Å². The van der Waals surface area contributed by atoms with Gasteiger partial charge in [-0.05, 0) is 43.2 Å². The standard InChI is InChI=1S/C23H24ClN3O2/c24-20-14-27(18-10-8-16(9-11-18)22(25)29)23-19(20)12-17(13-26-23)21(28)15-6-4-2-1-3-5-7-15/h8-15H,1-7H2,(H2,25,29). The van der Waals surface area contributed by atoms with Crippen molar-refractivity contribution in [2.45, 2.75) is 44.9 Å². The van der Waals surface area contributed by atoms with E-state index in [4.69, 9.17) is 17.3 Å². The van der Waals surface area contributed by atoms with Gasteiger partial charge in [0.2, 0.25) is 5.91 Å². The molecule has 1 saturated carbocycles. The molecule has 1 aliphatic rings. The molecular weight excluding hydrogens is 386 g/mol. The van der Waals surface area contributed by atoms with Gasteiger partial charge < -0.3 is 5.73 Å². The molecular formula is C23H24ClN3O2. The summed E-state index contributed by atoms with van der Waals surface area (Å²) in [6, 6.07) is 8.80. The highest BCUT2D eigenvalue weighted by Gasteiger charge is 2.22. The van der Waals surface area contributed by atoms with Gasteiger partial charge in [0.05, 0.1) is 5.02 Å². The van der Waals surface area contributed by atoms with E-state index in [1.165, 1.54) is 19.3 Å². The van der Waals surface area contributed by atoms with E-state index >= 15 is 0 Å². The Labute approximate surface area is 174 Å². The van der Waals surface area contributed by atoms with Gasteiger partial charge in [0, 0.05) is 40.5 Å². The van der Waals surface area contributed by atoms with Crippen LogP contribution in [0.4, 0.5) is 0 Å². The normalized spacial score (nSPS) is 15.8. The third kappa shape index (κ3) is 4.06. The summed E-state index contributed by atoms with van der Waals surface area (Å²) in [7, 11) is 0. The number of pyridine rings is 1. The van der Waals surface area contributed by atoms with Crippen LogP contribution >= 0.6 is 11.6 Å². The second kappa shape index (κ2) is 8.37. The highest BCUT2D eigenvalue weighted by Crippen LogP contribution is 2.30. The highest BCUT2D eigenvalue weighted by atomic mass is 35.5. The highest BCUT2D eigenvalue weighted by molar-refractivity contribution is 6.35. The van der Waals surface area contributed by atoms with Crippen molar-refractivity contribution in [3.8, 4) is 5.69 Å². The molecule has 3 aromatic rings. The van der Waals surface area contributed by atoms with Crippen LogP contribution in [0.1, 0.15) is 65.7 Å². The predicted molar refractivity (Wildman–Crippen MR) is 115 cm³/mol. The number of carbonyl (C=O) groups is 2. The summed E-state index contributed by atoms with van der Waals surface area (Å²) in [5.74, 6) is -0.213. The van der Waals surface area contributed by atoms with Gasteiger partial charge in [0.1, 0.15) is 5.65 Å². The minimum Gasteiger partial charge on any atom is -0.366 e. The second-order valence-corrected chi connectivity index (χ2v) is 8.17. The lowest BCUT2D eigenvalue weighted by Gasteiger charge is -2.18. The number of primary amides is 1. The predicted octanol–water partition coefficient (Wildman–Crippen LogP) is 5.32. The van der Waals surface area contributed by atoms with Gasteiger partial charge in [-0.3, -0.25) is 14.2 Å². The van der Waals surface area contributed by atoms with Crippen molar-refractivity contribution < 1.29 is 9.59 Å². The zero-order valence-electron chi connectivity index (χ0n) is 16.2. The first kappa shape index (κ1) is 19.6. The summed E-state index contributed by atoms with van der Waals surface area (Å²) in [6.07, 6.45) is 11.3. The van der Waals surface area contributed by atoms with Crippen LogP contribution in [-0.4, -0.2) is 21.2 Å². The van der Waals surface area contributed by atoms with E-state index in [0.29, 0.717) is 21.8 Å². The lowest BCUT2D eigenvalue weighted by molar-refractivity contribution is 0.0897. The number of nitrogens with two attached hydrogens (primary N) is 1. The van der Waals surface area contributed by atoms with Crippen LogP contribution in [0.25, 0.3) is 16.7 Å². The number of fused-ring (bicyclic) bond motifs is 1. The molecule has 2 aromatic heterocycles. The lowest BCUT2D eigenvalue weighted by Crippen LogP contribution is -2.16. The van der Waals surface area contributed by atoms with E-state index < -0.39 is 5.91 Å². The molecule has 1 aliphatic carbocycles. The lowest BCUT2D eigenvalue weighted by atomic mass is 9.86. The van der Waals surface area contributed by atoms with Gasteiger partial charge in [-0.1, -0.05) is 43.7 Å². The number of nitrogens with zero attached hydrogens (tertiary/aromatic N) is 2. The molecule has 2 heterocycles. The number of Topliss-reactive ketones (excluding diaryl/α,β-unsaturated/α-hetero) is 1. The number of rotatable bonds is 4. The number of carbonyl (C=O) groups excluding carboxylic acids is 2. The fraction of sp³-hybridized carbons (Fsp3) is 0.348. The van der Waals surface area contributed by atoms with E-state index in [-0.39, 0.29) is 11.7 Å². The fourth-order valence-electron chi connectivity index (χ4n) is 4.14. The Kier molecular flexibility index (Phi) is 5.67. The van der Waals surface area contributed by atoms with Crippen molar-refractivity contribution in [2.75, 3.05) is 0 Å². The van der Waals surface area contributed by atoms with E-state index in [1.807, 2.05) is 10.6 Å². The molecule has 0 unspecified atom stereocenters. The summed E-state index contributed by atoms with van der Waals surface area (Å²) >= 11 is 6.47. The van der Waals surface area contributed by atoms with Crippen molar-refractivity contribution in [1.29, 1.82) is 0 Å². The topological polar surface area (TPSA) is 78.0 Å². The fourth-order valence-corrected chi connectivity index (χ4v) is 4.38. The Hall–Kier alpha value is -2.66. The van der Waals surface area contributed by atoms with Crippen molar-refractivity contribution in [2.24, 2.45) is 11.7 Å². The average molecular weight is 410 g/mol. The summed E-state index contributed by atoms with van der Waals surface area (Å²) in [4.78, 5) is 28.9. The van der Waals surface area contributed by atoms with Gasteiger partial charge in [-0.2, -0.15) is 0 Å². The Morgan fingerprint density at radius 1 is 1.00 bits per heavy atom. The Morgan fingerprint density at radius 2 is 1.66 bits per heavy atom. The van der Waals surface area contributed by atoms with Gasteiger partial charge >= 0.3 is 0 Å². The van der Waals surface area contributed by atoms with Crippen LogP contribution in [0.15, 0.2) is 42.7 Å². The number of hydrogen-bond acceptors (Lipinski definition) is 3. The van der Waals surface area contributed by atoms with Crippen LogP contribution in [0.2, 0.25) is 5.02 Å². The molecule has 150 valence electrons. The third-order valence-electron chi connectivity index (χ3n) is 5.79. The van der Waals surface area contributed by atoms with Gasteiger partial charge in [-0.15, -0.1) is 0 Å². The SMILES string of the molecule is NC(=O)c1ccc(-n2cc(Cl)c3cc(C(=O)C4CCCCCCC4)cnc32)cc1. The number of aromatic nitrogens is 2. The molecule has 4 rings (SSSR count). The van der Waals surface area contributed by atoms with Gasteiger partial charge in [0.15, 0.2) is 5.78 Å². The number of benzene rings is 1. The molecule has 0 spiro atoms. The minimum absolute atomic E-state index is 0.0803. The zero-order chi connectivity index (χ0) is 20.4. The van der Waals surface area contributed by atoms with Crippen LogP contribution < -0.4 is 5.73 Å².